The number of hydrogen-bond acceptors (Lipinski definition) is 4. The average Bonchev–Trinajstić information content (AvgIpc) is 2.56. The molecule has 2 aromatic rings. The van der Waals surface area contributed by atoms with E-state index in [1.54, 1.807) is 12.4 Å². The third kappa shape index (κ3) is 4.31. The molecule has 1 aromatic heterocycles. The van der Waals surface area contributed by atoms with Crippen molar-refractivity contribution in [3.05, 3.63) is 47.3 Å². The fourth-order valence-corrected chi connectivity index (χ4v) is 2.37. The zero-order chi connectivity index (χ0) is 17.7. The van der Waals surface area contributed by atoms with Gasteiger partial charge in [0.2, 0.25) is 5.95 Å². The van der Waals surface area contributed by atoms with E-state index >= 15 is 0 Å². The fourth-order valence-electron chi connectivity index (χ4n) is 2.37. The molecule has 2 rings (SSSR count). The fraction of sp³-hybridized carbons (Fsp3) is 0.421. The smallest absolute Gasteiger partial charge is 0.254 e. The molecule has 1 amide bonds. The van der Waals surface area contributed by atoms with Crippen LogP contribution < -0.4 is 10.6 Å². The number of para-hydroxylation sites is 1. The lowest BCUT2D eigenvalue weighted by Gasteiger charge is -2.16. The predicted molar refractivity (Wildman–Crippen MR) is 97.8 cm³/mol. The number of anilines is 2. The molecule has 0 aliphatic rings. The summed E-state index contributed by atoms with van der Waals surface area (Å²) in [7, 11) is 0. The minimum absolute atomic E-state index is 0.135. The lowest BCUT2D eigenvalue weighted by molar-refractivity contribution is 0.0938. The lowest BCUT2D eigenvalue weighted by atomic mass is 9.98. The summed E-state index contributed by atoms with van der Waals surface area (Å²) in [5, 5.41) is 6.20. The van der Waals surface area contributed by atoms with Crippen LogP contribution in [-0.2, 0) is 0 Å². The molecule has 128 valence electrons. The summed E-state index contributed by atoms with van der Waals surface area (Å²) in [5.74, 6) is 0.744. The normalized spacial score (nSPS) is 12.1. The highest BCUT2D eigenvalue weighted by atomic mass is 16.1. The van der Waals surface area contributed by atoms with Crippen molar-refractivity contribution in [2.45, 2.75) is 53.0 Å². The first-order valence-corrected chi connectivity index (χ1v) is 8.41. The van der Waals surface area contributed by atoms with Gasteiger partial charge in [-0.2, -0.15) is 0 Å². The maximum atomic E-state index is 12.1. The molecule has 1 aromatic carbocycles. The van der Waals surface area contributed by atoms with Crippen LogP contribution in [0.5, 0.6) is 0 Å². The van der Waals surface area contributed by atoms with E-state index in [1.807, 2.05) is 13.8 Å². The van der Waals surface area contributed by atoms with Gasteiger partial charge in [0, 0.05) is 24.1 Å². The van der Waals surface area contributed by atoms with E-state index in [-0.39, 0.29) is 11.9 Å². The number of benzene rings is 1. The second kappa shape index (κ2) is 7.90. The SMILES string of the molecule is CCC(C)NC(=O)c1cnc(Nc2c(C)cccc2C(C)C)nc1. The van der Waals surface area contributed by atoms with E-state index in [9.17, 15) is 4.79 Å². The summed E-state index contributed by atoms with van der Waals surface area (Å²) in [6.07, 6.45) is 4.00. The summed E-state index contributed by atoms with van der Waals surface area (Å²) < 4.78 is 0. The third-order valence-corrected chi connectivity index (χ3v) is 4.07. The maximum Gasteiger partial charge on any atom is 0.254 e. The summed E-state index contributed by atoms with van der Waals surface area (Å²) >= 11 is 0. The van der Waals surface area contributed by atoms with Crippen molar-refractivity contribution in [3.63, 3.8) is 0 Å². The minimum Gasteiger partial charge on any atom is -0.350 e. The van der Waals surface area contributed by atoms with Crippen molar-refractivity contribution in [2.24, 2.45) is 0 Å². The van der Waals surface area contributed by atoms with Crippen LogP contribution in [0.1, 0.15) is 61.5 Å². The van der Waals surface area contributed by atoms with Crippen LogP contribution in [-0.4, -0.2) is 21.9 Å². The van der Waals surface area contributed by atoms with Crippen LogP contribution in [0.2, 0.25) is 0 Å². The molecule has 0 radical (unpaired) electrons. The van der Waals surface area contributed by atoms with Crippen molar-refractivity contribution in [1.82, 2.24) is 15.3 Å². The van der Waals surface area contributed by atoms with E-state index in [4.69, 9.17) is 0 Å². The third-order valence-electron chi connectivity index (χ3n) is 4.07. The second-order valence-electron chi connectivity index (χ2n) is 6.40. The van der Waals surface area contributed by atoms with Crippen molar-refractivity contribution in [3.8, 4) is 0 Å². The van der Waals surface area contributed by atoms with E-state index < -0.39 is 0 Å². The van der Waals surface area contributed by atoms with Gasteiger partial charge in [-0.1, -0.05) is 39.0 Å². The standard InChI is InChI=1S/C19H26N4O/c1-6-14(5)22-18(24)15-10-20-19(21-11-15)23-17-13(4)8-7-9-16(17)12(2)3/h7-12,14H,6H2,1-5H3,(H,22,24)(H,20,21,23). The Balaban J connectivity index is 2.17. The quantitative estimate of drug-likeness (QED) is 0.835. The summed E-state index contributed by atoms with van der Waals surface area (Å²) in [6, 6.07) is 6.35. The molecular weight excluding hydrogens is 300 g/mol. The average molecular weight is 326 g/mol. The van der Waals surface area contributed by atoms with E-state index in [0.29, 0.717) is 17.4 Å². The van der Waals surface area contributed by atoms with Gasteiger partial charge in [-0.15, -0.1) is 0 Å². The van der Waals surface area contributed by atoms with Crippen LogP contribution in [0.4, 0.5) is 11.6 Å². The molecule has 2 N–H and O–H groups in total. The Kier molecular flexibility index (Phi) is 5.90. The highest BCUT2D eigenvalue weighted by Crippen LogP contribution is 2.29. The molecule has 5 nitrogen and oxygen atoms in total. The first-order valence-electron chi connectivity index (χ1n) is 8.41. The van der Waals surface area contributed by atoms with E-state index in [2.05, 4.69) is 59.6 Å². The number of hydrogen-bond donors (Lipinski definition) is 2. The molecule has 24 heavy (non-hydrogen) atoms. The maximum absolute atomic E-state index is 12.1. The molecule has 0 bridgehead atoms. The van der Waals surface area contributed by atoms with Crippen molar-refractivity contribution < 1.29 is 4.79 Å². The van der Waals surface area contributed by atoms with Crippen molar-refractivity contribution in [1.29, 1.82) is 0 Å². The Labute approximate surface area is 143 Å². The largest absolute Gasteiger partial charge is 0.350 e. The zero-order valence-corrected chi connectivity index (χ0v) is 15.1. The molecular formula is C19H26N4O. The van der Waals surface area contributed by atoms with Gasteiger partial charge in [0.05, 0.1) is 5.56 Å². The van der Waals surface area contributed by atoms with Gasteiger partial charge in [0.25, 0.3) is 5.91 Å². The Bertz CT molecular complexity index is 695. The molecule has 5 heteroatoms. The molecule has 0 aliphatic heterocycles. The Hall–Kier alpha value is -2.43. The molecule has 1 heterocycles. The van der Waals surface area contributed by atoms with Crippen molar-refractivity contribution >= 4 is 17.5 Å². The number of nitrogens with one attached hydrogen (secondary N) is 2. The first kappa shape index (κ1) is 17.9. The first-order chi connectivity index (χ1) is 11.4. The molecule has 1 unspecified atom stereocenters. The topological polar surface area (TPSA) is 66.9 Å². The van der Waals surface area contributed by atoms with Crippen LogP contribution >= 0.6 is 0 Å². The van der Waals surface area contributed by atoms with E-state index in [1.165, 1.54) is 5.56 Å². The van der Waals surface area contributed by atoms with Gasteiger partial charge in [0.15, 0.2) is 0 Å². The van der Waals surface area contributed by atoms with Crippen LogP contribution in [0.15, 0.2) is 30.6 Å². The number of carbonyl (C=O) groups excluding carboxylic acids is 1. The number of amides is 1. The van der Waals surface area contributed by atoms with Gasteiger partial charge < -0.3 is 10.6 Å². The van der Waals surface area contributed by atoms with Crippen LogP contribution in [0, 0.1) is 6.92 Å². The van der Waals surface area contributed by atoms with Gasteiger partial charge in [0.1, 0.15) is 0 Å². The molecule has 0 fully saturated rings. The number of rotatable bonds is 6. The van der Waals surface area contributed by atoms with Crippen LogP contribution in [0.25, 0.3) is 0 Å². The molecule has 0 aliphatic carbocycles. The predicted octanol–water partition coefficient (Wildman–Crippen LogP) is 4.18. The minimum atomic E-state index is -0.144. The number of carbonyl (C=O) groups is 1. The summed E-state index contributed by atoms with van der Waals surface area (Å²) in [5.41, 5.74) is 3.86. The van der Waals surface area contributed by atoms with E-state index in [0.717, 1.165) is 17.7 Å². The highest BCUT2D eigenvalue weighted by Gasteiger charge is 2.12. The Morgan fingerprint density at radius 3 is 2.42 bits per heavy atom. The monoisotopic (exact) mass is 326 g/mol. The Morgan fingerprint density at radius 1 is 1.17 bits per heavy atom. The molecule has 0 saturated heterocycles. The number of nitrogens with zero attached hydrogens (tertiary/aromatic N) is 2. The van der Waals surface area contributed by atoms with Crippen LogP contribution in [0.3, 0.4) is 0 Å². The number of aryl methyl sites for hydroxylation is 1. The van der Waals surface area contributed by atoms with Crippen molar-refractivity contribution in [2.75, 3.05) is 5.32 Å². The lowest BCUT2D eigenvalue weighted by Crippen LogP contribution is -2.32. The highest BCUT2D eigenvalue weighted by molar-refractivity contribution is 5.93. The Morgan fingerprint density at radius 2 is 1.83 bits per heavy atom. The van der Waals surface area contributed by atoms with Gasteiger partial charge in [-0.05, 0) is 37.3 Å². The van der Waals surface area contributed by atoms with Gasteiger partial charge >= 0.3 is 0 Å². The summed E-state index contributed by atoms with van der Waals surface area (Å²) in [6.45, 7) is 10.4. The molecule has 1 atom stereocenters. The second-order valence-corrected chi connectivity index (χ2v) is 6.40. The summed E-state index contributed by atoms with van der Waals surface area (Å²) in [4.78, 5) is 20.6. The van der Waals surface area contributed by atoms with Gasteiger partial charge in [-0.25, -0.2) is 9.97 Å². The number of aromatic nitrogens is 2. The van der Waals surface area contributed by atoms with Gasteiger partial charge in [-0.3, -0.25) is 4.79 Å². The molecule has 0 saturated carbocycles. The zero-order valence-electron chi connectivity index (χ0n) is 15.1. The molecule has 0 spiro atoms.